The minimum absolute atomic E-state index is 0.496. The summed E-state index contributed by atoms with van der Waals surface area (Å²) in [5.74, 6) is 1.44. The Balaban J connectivity index is 1.72. The fourth-order valence-corrected chi connectivity index (χ4v) is 3.40. The van der Waals surface area contributed by atoms with Crippen molar-refractivity contribution in [2.45, 2.75) is 27.0 Å². The largest absolute Gasteiger partial charge is 0.493 e. The van der Waals surface area contributed by atoms with Crippen LogP contribution in [0.15, 0.2) is 65.1 Å². The first-order valence-corrected chi connectivity index (χ1v) is 9.70. The van der Waals surface area contributed by atoms with E-state index in [2.05, 4.69) is 59.4 Å². The first-order chi connectivity index (χ1) is 13.1. The van der Waals surface area contributed by atoms with Crippen molar-refractivity contribution < 1.29 is 9.47 Å². The Hall–Kier alpha value is -2.46. The van der Waals surface area contributed by atoms with E-state index >= 15 is 0 Å². The molecule has 0 saturated heterocycles. The van der Waals surface area contributed by atoms with Gasteiger partial charge in [0.25, 0.3) is 0 Å². The van der Waals surface area contributed by atoms with E-state index in [-0.39, 0.29) is 0 Å². The molecule has 0 saturated carbocycles. The molecule has 4 heteroatoms. The lowest BCUT2D eigenvalue weighted by atomic mass is 10.1. The molecule has 3 aromatic rings. The van der Waals surface area contributed by atoms with Gasteiger partial charge in [-0.2, -0.15) is 0 Å². The van der Waals surface area contributed by atoms with Crippen LogP contribution < -0.4 is 14.8 Å². The number of nitrogens with one attached hydrogen (secondary N) is 1. The first-order valence-electron chi connectivity index (χ1n) is 8.91. The van der Waals surface area contributed by atoms with Crippen molar-refractivity contribution in [3.63, 3.8) is 0 Å². The number of hydrogen-bond donors (Lipinski definition) is 1. The molecule has 0 bridgehead atoms. The lowest BCUT2D eigenvalue weighted by Crippen LogP contribution is -2.03. The molecule has 0 atom stereocenters. The predicted molar refractivity (Wildman–Crippen MR) is 115 cm³/mol. The van der Waals surface area contributed by atoms with Gasteiger partial charge in [-0.3, -0.25) is 0 Å². The highest BCUT2D eigenvalue weighted by molar-refractivity contribution is 9.10. The Kier molecular flexibility index (Phi) is 6.40. The van der Waals surface area contributed by atoms with E-state index in [9.17, 15) is 0 Å². The Bertz CT molecular complexity index is 910. The normalized spacial score (nSPS) is 10.5. The van der Waals surface area contributed by atoms with Crippen molar-refractivity contribution >= 4 is 21.6 Å². The van der Waals surface area contributed by atoms with E-state index in [0.717, 1.165) is 32.8 Å². The molecule has 0 aromatic heterocycles. The Labute approximate surface area is 169 Å². The summed E-state index contributed by atoms with van der Waals surface area (Å²) in [5, 5.41) is 3.47. The Morgan fingerprint density at radius 3 is 2.37 bits per heavy atom. The number of halogens is 1. The zero-order valence-corrected chi connectivity index (χ0v) is 17.5. The van der Waals surface area contributed by atoms with E-state index in [1.54, 1.807) is 7.11 Å². The molecule has 0 spiro atoms. The minimum Gasteiger partial charge on any atom is -0.493 e. The quantitative estimate of drug-likeness (QED) is 0.483. The molecule has 3 nitrogen and oxygen atoms in total. The SMILES string of the molecule is COc1cc(CNc2ccc(C)c(C)c2)cc(Br)c1OCc1ccccc1. The van der Waals surface area contributed by atoms with Gasteiger partial charge < -0.3 is 14.8 Å². The monoisotopic (exact) mass is 425 g/mol. The van der Waals surface area contributed by atoms with Gasteiger partial charge in [0, 0.05) is 12.2 Å². The van der Waals surface area contributed by atoms with Crippen LogP contribution in [0.2, 0.25) is 0 Å². The van der Waals surface area contributed by atoms with Crippen LogP contribution in [0.25, 0.3) is 0 Å². The first kappa shape index (κ1) is 19.3. The zero-order valence-electron chi connectivity index (χ0n) is 15.9. The lowest BCUT2D eigenvalue weighted by Gasteiger charge is -2.15. The summed E-state index contributed by atoms with van der Waals surface area (Å²) in [4.78, 5) is 0. The van der Waals surface area contributed by atoms with Crippen molar-refractivity contribution in [2.24, 2.45) is 0 Å². The minimum atomic E-state index is 0.496. The average molecular weight is 426 g/mol. The Morgan fingerprint density at radius 2 is 1.67 bits per heavy atom. The molecule has 0 aliphatic rings. The number of anilines is 1. The van der Waals surface area contributed by atoms with Crippen molar-refractivity contribution in [1.82, 2.24) is 0 Å². The molecule has 0 aliphatic carbocycles. The van der Waals surface area contributed by atoms with E-state index in [0.29, 0.717) is 13.2 Å². The molecule has 27 heavy (non-hydrogen) atoms. The fourth-order valence-electron chi connectivity index (χ4n) is 2.80. The number of aryl methyl sites for hydroxylation is 2. The van der Waals surface area contributed by atoms with E-state index in [4.69, 9.17) is 9.47 Å². The number of benzene rings is 3. The van der Waals surface area contributed by atoms with Crippen molar-refractivity contribution in [3.8, 4) is 11.5 Å². The summed E-state index contributed by atoms with van der Waals surface area (Å²) in [6, 6.07) is 20.6. The van der Waals surface area contributed by atoms with Crippen LogP contribution in [0.1, 0.15) is 22.3 Å². The predicted octanol–water partition coefficient (Wildman–Crippen LogP) is 6.27. The number of methoxy groups -OCH3 is 1. The maximum atomic E-state index is 6.00. The highest BCUT2D eigenvalue weighted by Gasteiger charge is 2.12. The molecule has 140 valence electrons. The van der Waals surface area contributed by atoms with Crippen molar-refractivity contribution in [1.29, 1.82) is 0 Å². The molecular weight excluding hydrogens is 402 g/mol. The second-order valence-electron chi connectivity index (χ2n) is 6.54. The third-order valence-electron chi connectivity index (χ3n) is 4.52. The van der Waals surface area contributed by atoms with E-state index < -0.39 is 0 Å². The smallest absolute Gasteiger partial charge is 0.175 e. The van der Waals surface area contributed by atoms with Gasteiger partial charge in [-0.15, -0.1) is 0 Å². The summed E-state index contributed by atoms with van der Waals surface area (Å²) >= 11 is 3.63. The molecule has 0 amide bonds. The maximum Gasteiger partial charge on any atom is 0.175 e. The van der Waals surface area contributed by atoms with E-state index in [1.807, 2.05) is 36.4 Å². The fraction of sp³-hybridized carbons (Fsp3) is 0.217. The number of rotatable bonds is 7. The lowest BCUT2D eigenvalue weighted by molar-refractivity contribution is 0.282. The van der Waals surface area contributed by atoms with Gasteiger partial charge in [0.2, 0.25) is 0 Å². The second-order valence-corrected chi connectivity index (χ2v) is 7.39. The third-order valence-corrected chi connectivity index (χ3v) is 5.11. The molecule has 0 heterocycles. The molecule has 0 fully saturated rings. The zero-order chi connectivity index (χ0) is 19.2. The summed E-state index contributed by atoms with van der Waals surface area (Å²) in [5.41, 5.74) is 5.92. The molecule has 0 unspecified atom stereocenters. The highest BCUT2D eigenvalue weighted by atomic mass is 79.9. The van der Waals surface area contributed by atoms with Crippen LogP contribution in [-0.4, -0.2) is 7.11 Å². The second kappa shape index (κ2) is 8.96. The molecule has 3 rings (SSSR count). The molecule has 3 aromatic carbocycles. The van der Waals surface area contributed by atoms with Gasteiger partial charge in [-0.05, 0) is 76.3 Å². The van der Waals surface area contributed by atoms with Gasteiger partial charge in [0.1, 0.15) is 6.61 Å². The van der Waals surface area contributed by atoms with Gasteiger partial charge in [0.15, 0.2) is 11.5 Å². The summed E-state index contributed by atoms with van der Waals surface area (Å²) in [6.45, 7) is 5.45. The van der Waals surface area contributed by atoms with Crippen LogP contribution in [0, 0.1) is 13.8 Å². The van der Waals surface area contributed by atoms with Gasteiger partial charge in [0.05, 0.1) is 11.6 Å². The number of ether oxygens (including phenoxy) is 2. The van der Waals surface area contributed by atoms with Crippen molar-refractivity contribution in [3.05, 3.63) is 87.4 Å². The van der Waals surface area contributed by atoms with Crippen LogP contribution in [-0.2, 0) is 13.2 Å². The van der Waals surface area contributed by atoms with E-state index in [1.165, 1.54) is 11.1 Å². The number of hydrogen-bond acceptors (Lipinski definition) is 3. The van der Waals surface area contributed by atoms with Crippen molar-refractivity contribution in [2.75, 3.05) is 12.4 Å². The van der Waals surface area contributed by atoms with Crippen LogP contribution in [0.4, 0.5) is 5.69 Å². The van der Waals surface area contributed by atoms with Crippen LogP contribution >= 0.6 is 15.9 Å². The van der Waals surface area contributed by atoms with Crippen LogP contribution in [0.5, 0.6) is 11.5 Å². The molecule has 1 N–H and O–H groups in total. The van der Waals surface area contributed by atoms with Gasteiger partial charge in [-0.1, -0.05) is 36.4 Å². The van der Waals surface area contributed by atoms with Gasteiger partial charge in [-0.25, -0.2) is 0 Å². The molecule has 0 aliphatic heterocycles. The van der Waals surface area contributed by atoms with Gasteiger partial charge >= 0.3 is 0 Å². The average Bonchev–Trinajstić information content (AvgIpc) is 2.68. The summed E-state index contributed by atoms with van der Waals surface area (Å²) in [6.07, 6.45) is 0. The maximum absolute atomic E-state index is 6.00. The Morgan fingerprint density at radius 1 is 0.889 bits per heavy atom. The standard InChI is InChI=1S/C23H24BrNO2/c1-16-9-10-20(11-17(16)2)25-14-19-12-21(24)23(22(13-19)26-3)27-15-18-7-5-4-6-8-18/h4-13,25H,14-15H2,1-3H3. The molecule has 0 radical (unpaired) electrons. The van der Waals surface area contributed by atoms with Crippen LogP contribution in [0.3, 0.4) is 0 Å². The summed E-state index contributed by atoms with van der Waals surface area (Å²) < 4.78 is 12.4. The topological polar surface area (TPSA) is 30.5 Å². The summed E-state index contributed by atoms with van der Waals surface area (Å²) in [7, 11) is 1.66. The molecular formula is C23H24BrNO2. The highest BCUT2D eigenvalue weighted by Crippen LogP contribution is 2.37. The third kappa shape index (κ3) is 5.04.